The smallest absolute Gasteiger partial charge is 0.269 e. The molecule has 0 fully saturated rings. The van der Waals surface area contributed by atoms with Crippen molar-refractivity contribution in [2.45, 2.75) is 12.8 Å². The highest BCUT2D eigenvalue weighted by atomic mass is 35.5. The van der Waals surface area contributed by atoms with Gasteiger partial charge < -0.3 is 14.7 Å². The minimum atomic E-state index is -1.17. The van der Waals surface area contributed by atoms with Gasteiger partial charge in [-0.25, -0.2) is 0 Å². The Morgan fingerprint density at radius 2 is 1.94 bits per heavy atom. The molecule has 18 heavy (non-hydrogen) atoms. The van der Waals surface area contributed by atoms with Crippen LogP contribution in [0.2, 0.25) is 0 Å². The predicted molar refractivity (Wildman–Crippen MR) is 68.3 cm³/mol. The summed E-state index contributed by atoms with van der Waals surface area (Å²) in [5.41, 5.74) is 0.846. The van der Waals surface area contributed by atoms with Gasteiger partial charge in [0.25, 0.3) is 5.91 Å². The van der Waals surface area contributed by atoms with E-state index in [0.29, 0.717) is 0 Å². The number of rotatable bonds is 3. The van der Waals surface area contributed by atoms with Gasteiger partial charge in [-0.2, -0.15) is 0 Å². The third-order valence-electron chi connectivity index (χ3n) is 2.69. The van der Waals surface area contributed by atoms with Crippen LogP contribution in [0, 0.1) is 0 Å². The average molecular weight is 288 g/mol. The molecule has 1 atom stereocenters. The van der Waals surface area contributed by atoms with E-state index < -0.39 is 12.1 Å². The fraction of sp³-hybridized carbons (Fsp3) is 0.250. The van der Waals surface area contributed by atoms with Crippen LogP contribution in [-0.4, -0.2) is 29.3 Å². The second-order valence-corrected chi connectivity index (χ2v) is 4.60. The van der Waals surface area contributed by atoms with E-state index in [9.17, 15) is 9.90 Å². The number of hydrogen-bond acceptors (Lipinski definition) is 3. The van der Waals surface area contributed by atoms with E-state index in [1.165, 1.54) is 4.90 Å². The highest BCUT2D eigenvalue weighted by Gasteiger charge is 2.36. The summed E-state index contributed by atoms with van der Waals surface area (Å²) in [6.45, 7) is 0.233. The van der Waals surface area contributed by atoms with Gasteiger partial charge in [-0.15, -0.1) is 0 Å². The maximum atomic E-state index is 11.7. The van der Waals surface area contributed by atoms with Crippen LogP contribution in [0.3, 0.4) is 0 Å². The van der Waals surface area contributed by atoms with Gasteiger partial charge in [0.1, 0.15) is 10.8 Å². The minimum absolute atomic E-state index is 0.0322. The van der Waals surface area contributed by atoms with E-state index in [1.807, 2.05) is 0 Å². The molecule has 0 radical (unpaired) electrons. The minimum Gasteiger partial charge on any atom is -0.497 e. The zero-order valence-corrected chi connectivity index (χ0v) is 11.1. The monoisotopic (exact) mass is 287 g/mol. The van der Waals surface area contributed by atoms with E-state index in [0.717, 1.165) is 11.3 Å². The Balaban J connectivity index is 2.13. The molecule has 1 heterocycles. The molecule has 0 saturated heterocycles. The summed E-state index contributed by atoms with van der Waals surface area (Å²) in [5, 5.41) is 9.61. The lowest BCUT2D eigenvalue weighted by Crippen LogP contribution is -2.34. The standard InChI is InChI=1S/C12H11Cl2NO3/c1-18-8-4-2-7(3-5-8)6-15-11(16)9(13)10(14)12(15)17/h2-5,11,16H,6H2,1H3. The van der Waals surface area contributed by atoms with Crippen molar-refractivity contribution in [3.8, 4) is 5.75 Å². The first kappa shape index (κ1) is 13.2. The topological polar surface area (TPSA) is 49.8 Å². The summed E-state index contributed by atoms with van der Waals surface area (Å²) < 4.78 is 5.04. The summed E-state index contributed by atoms with van der Waals surface area (Å²) in [4.78, 5) is 12.9. The number of benzene rings is 1. The van der Waals surface area contributed by atoms with Crippen LogP contribution in [0.15, 0.2) is 34.3 Å². The average Bonchev–Trinajstić information content (AvgIpc) is 2.57. The van der Waals surface area contributed by atoms with E-state index in [2.05, 4.69) is 0 Å². The quantitative estimate of drug-likeness (QED) is 0.926. The molecule has 1 aliphatic heterocycles. The van der Waals surface area contributed by atoms with Crippen LogP contribution in [0.4, 0.5) is 0 Å². The Kier molecular flexibility index (Phi) is 3.80. The molecule has 1 aliphatic rings. The summed E-state index contributed by atoms with van der Waals surface area (Å²) in [6, 6.07) is 7.16. The van der Waals surface area contributed by atoms with Crippen molar-refractivity contribution < 1.29 is 14.6 Å². The number of carbonyl (C=O) groups excluding carboxylic acids is 1. The van der Waals surface area contributed by atoms with Crippen LogP contribution < -0.4 is 4.74 Å². The van der Waals surface area contributed by atoms with Gasteiger partial charge in [-0.3, -0.25) is 4.79 Å². The van der Waals surface area contributed by atoms with Gasteiger partial charge in [0, 0.05) is 6.54 Å². The summed E-state index contributed by atoms with van der Waals surface area (Å²) in [7, 11) is 1.58. The molecular formula is C12H11Cl2NO3. The van der Waals surface area contributed by atoms with E-state index in [4.69, 9.17) is 27.9 Å². The van der Waals surface area contributed by atoms with Crippen molar-refractivity contribution in [3.63, 3.8) is 0 Å². The van der Waals surface area contributed by atoms with Gasteiger partial charge in [0.05, 0.1) is 12.1 Å². The van der Waals surface area contributed by atoms with Crippen LogP contribution >= 0.6 is 23.2 Å². The lowest BCUT2D eigenvalue weighted by Gasteiger charge is -2.21. The maximum Gasteiger partial charge on any atom is 0.269 e. The van der Waals surface area contributed by atoms with Crippen molar-refractivity contribution in [2.75, 3.05) is 7.11 Å². The van der Waals surface area contributed by atoms with Gasteiger partial charge in [0.2, 0.25) is 0 Å². The molecule has 4 nitrogen and oxygen atoms in total. The van der Waals surface area contributed by atoms with Crippen molar-refractivity contribution in [1.82, 2.24) is 4.90 Å². The van der Waals surface area contributed by atoms with Crippen LogP contribution in [0.5, 0.6) is 5.75 Å². The normalized spacial score (nSPS) is 19.7. The molecule has 1 unspecified atom stereocenters. The van der Waals surface area contributed by atoms with E-state index in [1.54, 1.807) is 31.4 Å². The fourth-order valence-electron chi connectivity index (χ4n) is 1.68. The van der Waals surface area contributed by atoms with Crippen molar-refractivity contribution in [3.05, 3.63) is 39.9 Å². The Morgan fingerprint density at radius 1 is 1.33 bits per heavy atom. The first-order chi connectivity index (χ1) is 8.54. The number of carbonyl (C=O) groups is 1. The lowest BCUT2D eigenvalue weighted by molar-refractivity contribution is -0.132. The number of aliphatic hydroxyl groups is 1. The van der Waals surface area contributed by atoms with Crippen LogP contribution in [0.25, 0.3) is 0 Å². The highest BCUT2D eigenvalue weighted by Crippen LogP contribution is 2.31. The summed E-state index contributed by atoms with van der Waals surface area (Å²) in [6.07, 6.45) is -1.17. The molecule has 1 N–H and O–H groups in total. The maximum absolute atomic E-state index is 11.7. The van der Waals surface area contributed by atoms with Crippen molar-refractivity contribution >= 4 is 29.1 Å². The first-order valence-electron chi connectivity index (χ1n) is 5.21. The SMILES string of the molecule is COc1ccc(CN2C(=O)C(Cl)=C(Cl)C2O)cc1. The van der Waals surface area contributed by atoms with Gasteiger partial charge >= 0.3 is 0 Å². The number of ether oxygens (including phenoxy) is 1. The molecule has 6 heteroatoms. The molecule has 0 aromatic heterocycles. The lowest BCUT2D eigenvalue weighted by atomic mass is 10.2. The Hall–Kier alpha value is -1.23. The second kappa shape index (κ2) is 5.18. The molecule has 0 aliphatic carbocycles. The van der Waals surface area contributed by atoms with Crippen molar-refractivity contribution in [2.24, 2.45) is 0 Å². The third kappa shape index (κ3) is 2.32. The van der Waals surface area contributed by atoms with Gasteiger partial charge in [0.15, 0.2) is 6.23 Å². The fourth-order valence-corrected chi connectivity index (χ4v) is 2.08. The molecule has 0 bridgehead atoms. The first-order valence-corrected chi connectivity index (χ1v) is 5.97. The molecular weight excluding hydrogens is 277 g/mol. The van der Waals surface area contributed by atoms with Crippen molar-refractivity contribution in [1.29, 1.82) is 0 Å². The predicted octanol–water partition coefficient (Wildman–Crippen LogP) is 2.04. The molecule has 1 aromatic carbocycles. The largest absolute Gasteiger partial charge is 0.497 e. The van der Waals surface area contributed by atoms with E-state index >= 15 is 0 Å². The van der Waals surface area contributed by atoms with Crippen LogP contribution in [-0.2, 0) is 11.3 Å². The number of amides is 1. The molecule has 1 amide bonds. The van der Waals surface area contributed by atoms with E-state index in [-0.39, 0.29) is 16.6 Å². The Bertz CT molecular complexity index is 499. The molecule has 0 spiro atoms. The number of nitrogens with zero attached hydrogens (tertiary/aromatic N) is 1. The Labute approximate surface area is 114 Å². The molecule has 1 aromatic rings. The number of halogens is 2. The molecule has 0 saturated carbocycles. The molecule has 96 valence electrons. The third-order valence-corrected chi connectivity index (χ3v) is 3.54. The van der Waals surface area contributed by atoms with Gasteiger partial charge in [-0.1, -0.05) is 35.3 Å². The Morgan fingerprint density at radius 3 is 2.39 bits per heavy atom. The van der Waals surface area contributed by atoms with Crippen LogP contribution in [0.1, 0.15) is 5.56 Å². The zero-order chi connectivity index (χ0) is 13.3. The summed E-state index contributed by atoms with van der Waals surface area (Å²) in [5.74, 6) is 0.256. The molecule has 2 rings (SSSR count). The number of methoxy groups -OCH3 is 1. The number of hydrogen-bond donors (Lipinski definition) is 1. The summed E-state index contributed by atoms with van der Waals surface area (Å²) >= 11 is 11.4. The highest BCUT2D eigenvalue weighted by molar-refractivity contribution is 6.49. The second-order valence-electron chi connectivity index (χ2n) is 3.82. The number of aliphatic hydroxyl groups excluding tert-OH is 1. The van der Waals surface area contributed by atoms with Gasteiger partial charge in [-0.05, 0) is 17.7 Å². The zero-order valence-electron chi connectivity index (χ0n) is 9.56.